The zero-order valence-corrected chi connectivity index (χ0v) is 14.6. The molecule has 0 spiro atoms. The summed E-state index contributed by atoms with van der Waals surface area (Å²) in [6.07, 6.45) is 0.901. The molecule has 1 fully saturated rings. The van der Waals surface area contributed by atoms with Crippen LogP contribution < -0.4 is 5.32 Å². The number of pyridine rings is 1. The lowest BCUT2D eigenvalue weighted by molar-refractivity contribution is 0.295. The first-order valence-corrected chi connectivity index (χ1v) is 9.99. The fourth-order valence-corrected chi connectivity index (χ4v) is 4.26. The van der Waals surface area contributed by atoms with E-state index in [9.17, 15) is 12.8 Å². The van der Waals surface area contributed by atoms with Crippen molar-refractivity contribution < 1.29 is 12.8 Å². The van der Waals surface area contributed by atoms with E-state index in [-0.39, 0.29) is 17.3 Å². The third-order valence-corrected chi connectivity index (χ3v) is 5.93. The van der Waals surface area contributed by atoms with Gasteiger partial charge in [0.25, 0.3) is 0 Å². The molecule has 0 aliphatic carbocycles. The molecule has 1 aromatic carbocycles. The summed E-state index contributed by atoms with van der Waals surface area (Å²) in [5.74, 6) is 0.204. The van der Waals surface area contributed by atoms with Crippen molar-refractivity contribution in [2.24, 2.45) is 0 Å². The SMILES string of the molecule is Cc1cc(NCCCN2CCS(=O)(=O)CC2)c2cccc(F)c2n1. The zero-order valence-electron chi connectivity index (χ0n) is 13.8. The predicted octanol–water partition coefficient (Wildman–Crippen LogP) is 2.21. The molecule has 0 bridgehead atoms. The summed E-state index contributed by atoms with van der Waals surface area (Å²) in [7, 11) is -2.82. The molecule has 0 saturated carbocycles. The van der Waals surface area contributed by atoms with Crippen LogP contribution in [0.1, 0.15) is 12.1 Å². The van der Waals surface area contributed by atoms with Crippen LogP contribution in [0.15, 0.2) is 24.3 Å². The third-order valence-electron chi connectivity index (χ3n) is 4.32. The number of halogens is 1. The van der Waals surface area contributed by atoms with E-state index in [0.29, 0.717) is 18.6 Å². The van der Waals surface area contributed by atoms with Crippen LogP contribution in [0.3, 0.4) is 0 Å². The Balaban J connectivity index is 1.58. The number of para-hydroxylation sites is 1. The van der Waals surface area contributed by atoms with Gasteiger partial charge < -0.3 is 10.2 Å². The minimum absolute atomic E-state index is 0.258. The molecule has 130 valence electrons. The second-order valence-electron chi connectivity index (χ2n) is 6.22. The Bertz CT molecular complexity index is 825. The van der Waals surface area contributed by atoms with Crippen LogP contribution in [0.25, 0.3) is 10.9 Å². The lowest BCUT2D eigenvalue weighted by Crippen LogP contribution is -2.41. The molecule has 1 aromatic heterocycles. The number of aromatic nitrogens is 1. The Morgan fingerprint density at radius 2 is 2.04 bits per heavy atom. The minimum atomic E-state index is -2.82. The zero-order chi connectivity index (χ0) is 17.2. The van der Waals surface area contributed by atoms with Gasteiger partial charge in [-0.15, -0.1) is 0 Å². The molecule has 24 heavy (non-hydrogen) atoms. The Morgan fingerprint density at radius 3 is 2.79 bits per heavy atom. The number of sulfone groups is 1. The Labute approximate surface area is 141 Å². The second-order valence-corrected chi connectivity index (χ2v) is 8.52. The highest BCUT2D eigenvalue weighted by Gasteiger charge is 2.20. The summed E-state index contributed by atoms with van der Waals surface area (Å²) in [4.78, 5) is 6.45. The number of rotatable bonds is 5. The number of hydrogen-bond donors (Lipinski definition) is 1. The van der Waals surface area contributed by atoms with Crippen molar-refractivity contribution in [2.75, 3.05) is 43.0 Å². The summed E-state index contributed by atoms with van der Waals surface area (Å²) >= 11 is 0. The van der Waals surface area contributed by atoms with Crippen LogP contribution in [0.2, 0.25) is 0 Å². The molecule has 2 heterocycles. The molecule has 2 aromatic rings. The highest BCUT2D eigenvalue weighted by atomic mass is 32.2. The highest BCUT2D eigenvalue weighted by Crippen LogP contribution is 2.25. The molecule has 0 unspecified atom stereocenters. The van der Waals surface area contributed by atoms with Gasteiger partial charge in [-0.2, -0.15) is 0 Å². The van der Waals surface area contributed by atoms with Crippen molar-refractivity contribution in [1.29, 1.82) is 0 Å². The van der Waals surface area contributed by atoms with E-state index in [1.807, 2.05) is 19.1 Å². The molecule has 0 amide bonds. The lowest BCUT2D eigenvalue weighted by atomic mass is 10.1. The standard InChI is InChI=1S/C17H22FN3O2S/c1-13-12-16(14-4-2-5-15(18)17(14)20-13)19-6-3-7-21-8-10-24(22,23)11-9-21/h2,4-5,12H,3,6-11H2,1H3,(H,19,20). The average Bonchev–Trinajstić information content (AvgIpc) is 2.53. The van der Waals surface area contributed by atoms with Gasteiger partial charge in [0.1, 0.15) is 11.3 Å². The smallest absolute Gasteiger partial charge is 0.152 e. The first-order valence-electron chi connectivity index (χ1n) is 8.17. The number of nitrogens with one attached hydrogen (secondary N) is 1. The van der Waals surface area contributed by atoms with Gasteiger partial charge in [0.2, 0.25) is 0 Å². The maximum Gasteiger partial charge on any atom is 0.152 e. The van der Waals surface area contributed by atoms with Gasteiger partial charge in [0.15, 0.2) is 9.84 Å². The van der Waals surface area contributed by atoms with Gasteiger partial charge in [-0.3, -0.25) is 0 Å². The number of anilines is 1. The van der Waals surface area contributed by atoms with E-state index in [0.717, 1.165) is 36.3 Å². The van der Waals surface area contributed by atoms with E-state index in [1.165, 1.54) is 6.07 Å². The van der Waals surface area contributed by atoms with Crippen molar-refractivity contribution >= 4 is 26.4 Å². The fraction of sp³-hybridized carbons (Fsp3) is 0.471. The Kier molecular flexibility index (Phi) is 5.01. The summed E-state index contributed by atoms with van der Waals surface area (Å²) in [5, 5.41) is 4.14. The van der Waals surface area contributed by atoms with Crippen molar-refractivity contribution in [3.63, 3.8) is 0 Å². The predicted molar refractivity (Wildman–Crippen MR) is 94.6 cm³/mol. The van der Waals surface area contributed by atoms with E-state index in [4.69, 9.17) is 0 Å². The molecule has 1 saturated heterocycles. The summed E-state index contributed by atoms with van der Waals surface area (Å²) in [5.41, 5.74) is 2.05. The first kappa shape index (κ1) is 17.1. The van der Waals surface area contributed by atoms with E-state index in [2.05, 4.69) is 15.2 Å². The fourth-order valence-electron chi connectivity index (χ4n) is 2.99. The normalized spacial score (nSPS) is 17.9. The molecule has 1 aliphatic rings. The maximum absolute atomic E-state index is 13.9. The molecule has 1 N–H and O–H groups in total. The van der Waals surface area contributed by atoms with E-state index >= 15 is 0 Å². The maximum atomic E-state index is 13.9. The number of fused-ring (bicyclic) bond motifs is 1. The lowest BCUT2D eigenvalue weighted by Gasteiger charge is -2.26. The third kappa shape index (κ3) is 4.02. The summed E-state index contributed by atoms with van der Waals surface area (Å²) in [6, 6.07) is 6.90. The van der Waals surface area contributed by atoms with Gasteiger partial charge >= 0.3 is 0 Å². The summed E-state index contributed by atoms with van der Waals surface area (Å²) in [6.45, 7) is 4.69. The molecule has 0 radical (unpaired) electrons. The van der Waals surface area contributed by atoms with Crippen LogP contribution in [-0.4, -0.2) is 56.0 Å². The van der Waals surface area contributed by atoms with Crippen LogP contribution in [0.4, 0.5) is 10.1 Å². The van der Waals surface area contributed by atoms with Gasteiger partial charge in [-0.1, -0.05) is 12.1 Å². The molecule has 1 aliphatic heterocycles. The first-order chi connectivity index (χ1) is 11.4. The molecule has 5 nitrogen and oxygen atoms in total. The minimum Gasteiger partial charge on any atom is -0.384 e. The Hall–Kier alpha value is -1.73. The highest BCUT2D eigenvalue weighted by molar-refractivity contribution is 7.91. The van der Waals surface area contributed by atoms with E-state index < -0.39 is 9.84 Å². The summed E-state index contributed by atoms with van der Waals surface area (Å²) < 4.78 is 36.7. The van der Waals surface area contributed by atoms with Gasteiger partial charge in [0, 0.05) is 36.4 Å². The quantitative estimate of drug-likeness (QED) is 0.837. The number of nitrogens with zero attached hydrogens (tertiary/aromatic N) is 2. The van der Waals surface area contributed by atoms with Crippen molar-refractivity contribution in [3.8, 4) is 0 Å². The largest absolute Gasteiger partial charge is 0.384 e. The molecular formula is C17H22FN3O2S. The van der Waals surface area contributed by atoms with Crippen LogP contribution in [0.5, 0.6) is 0 Å². The van der Waals surface area contributed by atoms with Crippen molar-refractivity contribution in [1.82, 2.24) is 9.88 Å². The second kappa shape index (κ2) is 7.03. The van der Waals surface area contributed by atoms with E-state index in [1.54, 1.807) is 6.07 Å². The topological polar surface area (TPSA) is 62.3 Å². The number of hydrogen-bond acceptors (Lipinski definition) is 5. The van der Waals surface area contributed by atoms with Crippen LogP contribution in [0, 0.1) is 12.7 Å². The molecule has 7 heteroatoms. The Morgan fingerprint density at radius 1 is 1.29 bits per heavy atom. The van der Waals surface area contributed by atoms with Gasteiger partial charge in [-0.05, 0) is 32.0 Å². The van der Waals surface area contributed by atoms with Crippen LogP contribution >= 0.6 is 0 Å². The number of benzene rings is 1. The average molecular weight is 351 g/mol. The van der Waals surface area contributed by atoms with Gasteiger partial charge in [-0.25, -0.2) is 17.8 Å². The van der Waals surface area contributed by atoms with Crippen molar-refractivity contribution in [2.45, 2.75) is 13.3 Å². The molecule has 0 atom stereocenters. The molecule has 3 rings (SSSR count). The van der Waals surface area contributed by atoms with Crippen LogP contribution in [-0.2, 0) is 9.84 Å². The van der Waals surface area contributed by atoms with Gasteiger partial charge in [0.05, 0.1) is 11.5 Å². The monoisotopic (exact) mass is 351 g/mol. The van der Waals surface area contributed by atoms with Crippen molar-refractivity contribution in [3.05, 3.63) is 35.8 Å². The number of aryl methyl sites for hydroxylation is 1. The molecular weight excluding hydrogens is 329 g/mol.